The second kappa shape index (κ2) is 2.88. The van der Waals surface area contributed by atoms with Crippen LogP contribution in [0.15, 0.2) is 12.1 Å². The van der Waals surface area contributed by atoms with Crippen LogP contribution in [-0.2, 0) is 6.61 Å². The zero-order valence-electron chi connectivity index (χ0n) is 6.26. The number of aliphatic hydroxyl groups excluding tert-OH is 1. The molecule has 0 bridgehead atoms. The van der Waals surface area contributed by atoms with Gasteiger partial charge in [0.2, 0.25) is 0 Å². The molecule has 1 aromatic rings. The first-order valence-corrected chi connectivity index (χ1v) is 3.31. The lowest BCUT2D eigenvalue weighted by molar-refractivity contribution is 0.280. The molecule has 3 heteroatoms. The average Bonchev–Trinajstić information content (AvgIpc) is 2.01. The molecule has 0 aliphatic heterocycles. The molecule has 2 nitrogen and oxygen atoms in total. The first-order chi connectivity index (χ1) is 5.16. The summed E-state index contributed by atoms with van der Waals surface area (Å²) in [4.78, 5) is 0. The van der Waals surface area contributed by atoms with Crippen molar-refractivity contribution in [2.45, 2.75) is 13.5 Å². The van der Waals surface area contributed by atoms with E-state index in [0.717, 1.165) is 0 Å². The summed E-state index contributed by atoms with van der Waals surface area (Å²) in [6, 6.07) is 3.07. The van der Waals surface area contributed by atoms with Crippen molar-refractivity contribution in [3.05, 3.63) is 29.1 Å². The minimum absolute atomic E-state index is 0.125. The highest BCUT2D eigenvalue weighted by atomic mass is 19.1. The van der Waals surface area contributed by atoms with Gasteiger partial charge in [-0.1, -0.05) is 6.07 Å². The van der Waals surface area contributed by atoms with Crippen LogP contribution in [0.25, 0.3) is 0 Å². The summed E-state index contributed by atoms with van der Waals surface area (Å²) >= 11 is 0. The van der Waals surface area contributed by atoms with E-state index in [9.17, 15) is 4.39 Å². The SMILES string of the molecule is Cc1c(CO)ccc(N)c1F. The molecule has 0 unspecified atom stereocenters. The summed E-state index contributed by atoms with van der Waals surface area (Å²) < 4.78 is 12.9. The van der Waals surface area contributed by atoms with Crippen LogP contribution in [0.3, 0.4) is 0 Å². The lowest BCUT2D eigenvalue weighted by Gasteiger charge is -2.04. The van der Waals surface area contributed by atoms with E-state index in [4.69, 9.17) is 10.8 Å². The van der Waals surface area contributed by atoms with Crippen LogP contribution < -0.4 is 5.73 Å². The summed E-state index contributed by atoms with van der Waals surface area (Å²) in [6.07, 6.45) is 0. The van der Waals surface area contributed by atoms with Crippen LogP contribution >= 0.6 is 0 Å². The highest BCUT2D eigenvalue weighted by Crippen LogP contribution is 2.18. The van der Waals surface area contributed by atoms with Gasteiger partial charge in [-0.05, 0) is 24.1 Å². The molecule has 0 atom stereocenters. The lowest BCUT2D eigenvalue weighted by Crippen LogP contribution is -1.97. The molecule has 11 heavy (non-hydrogen) atoms. The van der Waals surface area contributed by atoms with Gasteiger partial charge in [-0.3, -0.25) is 0 Å². The maximum absolute atomic E-state index is 12.9. The number of nitrogen functional groups attached to an aromatic ring is 1. The Hall–Kier alpha value is -1.09. The van der Waals surface area contributed by atoms with E-state index >= 15 is 0 Å². The molecule has 0 aliphatic rings. The first kappa shape index (κ1) is 8.01. The molecule has 0 amide bonds. The van der Waals surface area contributed by atoms with Gasteiger partial charge in [0, 0.05) is 0 Å². The molecule has 0 aliphatic carbocycles. The van der Waals surface area contributed by atoms with Crippen molar-refractivity contribution in [2.24, 2.45) is 0 Å². The van der Waals surface area contributed by atoms with Crippen LogP contribution in [-0.4, -0.2) is 5.11 Å². The minimum atomic E-state index is -0.434. The van der Waals surface area contributed by atoms with Crippen molar-refractivity contribution in [3.63, 3.8) is 0 Å². The third-order valence-electron chi connectivity index (χ3n) is 1.70. The third kappa shape index (κ3) is 1.33. The Morgan fingerprint density at radius 3 is 2.73 bits per heavy atom. The fourth-order valence-corrected chi connectivity index (χ4v) is 0.917. The van der Waals surface area contributed by atoms with Gasteiger partial charge in [0.05, 0.1) is 12.3 Å². The number of hydrogen-bond donors (Lipinski definition) is 2. The molecule has 0 heterocycles. The van der Waals surface area contributed by atoms with Crippen molar-refractivity contribution in [3.8, 4) is 0 Å². The zero-order chi connectivity index (χ0) is 8.43. The van der Waals surface area contributed by atoms with Crippen molar-refractivity contribution < 1.29 is 9.50 Å². The van der Waals surface area contributed by atoms with E-state index in [0.29, 0.717) is 11.1 Å². The molecule has 1 aromatic carbocycles. The van der Waals surface area contributed by atoms with E-state index in [-0.39, 0.29) is 12.3 Å². The predicted molar refractivity (Wildman–Crippen MR) is 41.5 cm³/mol. The van der Waals surface area contributed by atoms with Gasteiger partial charge in [0.15, 0.2) is 0 Å². The van der Waals surface area contributed by atoms with Crippen LogP contribution in [0, 0.1) is 12.7 Å². The Morgan fingerprint density at radius 2 is 2.18 bits per heavy atom. The average molecular weight is 155 g/mol. The fraction of sp³-hybridized carbons (Fsp3) is 0.250. The highest BCUT2D eigenvalue weighted by Gasteiger charge is 2.05. The molecule has 60 valence electrons. The van der Waals surface area contributed by atoms with Crippen molar-refractivity contribution >= 4 is 5.69 Å². The fourth-order valence-electron chi connectivity index (χ4n) is 0.917. The van der Waals surface area contributed by atoms with Crippen molar-refractivity contribution in [2.75, 3.05) is 5.73 Å². The quantitative estimate of drug-likeness (QED) is 0.599. The van der Waals surface area contributed by atoms with Gasteiger partial charge in [-0.15, -0.1) is 0 Å². The van der Waals surface area contributed by atoms with E-state index in [1.165, 1.54) is 6.07 Å². The van der Waals surface area contributed by atoms with Crippen molar-refractivity contribution in [1.29, 1.82) is 0 Å². The molecule has 1 rings (SSSR count). The number of anilines is 1. The van der Waals surface area contributed by atoms with Crippen LogP contribution in [0.4, 0.5) is 10.1 Å². The number of hydrogen-bond acceptors (Lipinski definition) is 2. The van der Waals surface area contributed by atoms with Gasteiger partial charge in [-0.25, -0.2) is 4.39 Å². The minimum Gasteiger partial charge on any atom is -0.396 e. The third-order valence-corrected chi connectivity index (χ3v) is 1.70. The van der Waals surface area contributed by atoms with E-state index in [2.05, 4.69) is 0 Å². The number of halogens is 1. The summed E-state index contributed by atoms with van der Waals surface area (Å²) in [6.45, 7) is 1.44. The van der Waals surface area contributed by atoms with Gasteiger partial charge in [-0.2, -0.15) is 0 Å². The predicted octanol–water partition coefficient (Wildman–Crippen LogP) is 1.21. The molecule has 0 saturated carbocycles. The van der Waals surface area contributed by atoms with Crippen molar-refractivity contribution in [1.82, 2.24) is 0 Å². The molecular weight excluding hydrogens is 145 g/mol. The Bertz CT molecular complexity index is 273. The van der Waals surface area contributed by atoms with E-state index in [1.807, 2.05) is 0 Å². The molecule has 0 radical (unpaired) electrons. The standard InChI is InChI=1S/C8H10FNO/c1-5-6(4-11)2-3-7(10)8(5)9/h2-3,11H,4,10H2,1H3. The number of nitrogens with two attached hydrogens (primary N) is 1. The molecule has 0 aromatic heterocycles. The van der Waals surface area contributed by atoms with Gasteiger partial charge in [0.1, 0.15) is 5.82 Å². The highest BCUT2D eigenvalue weighted by molar-refractivity contribution is 5.45. The summed E-state index contributed by atoms with van der Waals surface area (Å²) in [5.41, 5.74) is 6.42. The molecule has 0 spiro atoms. The summed E-state index contributed by atoms with van der Waals surface area (Å²) in [7, 11) is 0. The van der Waals surface area contributed by atoms with Crippen LogP contribution in [0.1, 0.15) is 11.1 Å². The number of rotatable bonds is 1. The maximum Gasteiger partial charge on any atom is 0.149 e. The monoisotopic (exact) mass is 155 g/mol. The van der Waals surface area contributed by atoms with Gasteiger partial charge >= 0.3 is 0 Å². The maximum atomic E-state index is 12.9. The largest absolute Gasteiger partial charge is 0.396 e. The normalized spacial score (nSPS) is 10.1. The second-order valence-corrected chi connectivity index (χ2v) is 2.41. The molecule has 0 saturated heterocycles. The molecule has 3 N–H and O–H groups in total. The summed E-state index contributed by atoms with van der Waals surface area (Å²) in [5.74, 6) is -0.434. The number of benzene rings is 1. The molecular formula is C8H10FNO. The Labute approximate surface area is 64.5 Å². The Balaban J connectivity index is 3.25. The first-order valence-electron chi connectivity index (χ1n) is 3.31. The Morgan fingerprint density at radius 1 is 1.55 bits per heavy atom. The second-order valence-electron chi connectivity index (χ2n) is 2.41. The molecule has 0 fully saturated rings. The smallest absolute Gasteiger partial charge is 0.149 e. The topological polar surface area (TPSA) is 46.2 Å². The van der Waals surface area contributed by atoms with Crippen LogP contribution in [0.2, 0.25) is 0 Å². The lowest BCUT2D eigenvalue weighted by atomic mass is 10.1. The van der Waals surface area contributed by atoms with E-state index in [1.54, 1.807) is 13.0 Å². The van der Waals surface area contributed by atoms with Gasteiger partial charge in [0.25, 0.3) is 0 Å². The zero-order valence-corrected chi connectivity index (χ0v) is 6.26. The number of aliphatic hydroxyl groups is 1. The Kier molecular flexibility index (Phi) is 2.10. The summed E-state index contributed by atoms with van der Waals surface area (Å²) in [5, 5.41) is 8.73. The van der Waals surface area contributed by atoms with Crippen LogP contribution in [0.5, 0.6) is 0 Å². The van der Waals surface area contributed by atoms with Gasteiger partial charge < -0.3 is 10.8 Å². The van der Waals surface area contributed by atoms with E-state index < -0.39 is 5.82 Å².